The molecule has 0 aliphatic carbocycles. The van der Waals surface area contributed by atoms with Crippen LogP contribution in [-0.4, -0.2) is 75.0 Å². The maximum atomic E-state index is 11.9. The van der Waals surface area contributed by atoms with Gasteiger partial charge in [-0.25, -0.2) is 4.79 Å². The Labute approximate surface area is 136 Å². The molecule has 4 atom stereocenters. The third kappa shape index (κ3) is 2.87. The summed E-state index contributed by atoms with van der Waals surface area (Å²) in [5.41, 5.74) is 5.67. The Morgan fingerprint density at radius 1 is 1.50 bits per heavy atom. The largest absolute Gasteiger partial charge is 0.394 e. The number of nitrogens with one attached hydrogen (secondary N) is 1. The number of ether oxygens (including phenoxy) is 3. The van der Waals surface area contributed by atoms with Gasteiger partial charge >= 0.3 is 5.69 Å². The summed E-state index contributed by atoms with van der Waals surface area (Å²) < 4.78 is 17.3. The molecular formula is C13H19N5O6. The number of aromatic nitrogens is 4. The summed E-state index contributed by atoms with van der Waals surface area (Å²) in [6, 6.07) is 0. The zero-order valence-electron chi connectivity index (χ0n) is 13.0. The highest BCUT2D eigenvalue weighted by Gasteiger charge is 2.46. The van der Waals surface area contributed by atoms with Gasteiger partial charge in [-0.05, 0) is 0 Å². The minimum Gasteiger partial charge on any atom is -0.394 e. The van der Waals surface area contributed by atoms with E-state index in [1.165, 1.54) is 13.3 Å². The number of anilines is 1. The molecule has 1 saturated heterocycles. The average molecular weight is 341 g/mol. The van der Waals surface area contributed by atoms with E-state index in [1.54, 1.807) is 0 Å². The molecule has 1 fully saturated rings. The topological polar surface area (TPSA) is 157 Å². The molecule has 11 nitrogen and oxygen atoms in total. The molecule has 0 bridgehead atoms. The van der Waals surface area contributed by atoms with Gasteiger partial charge in [-0.3, -0.25) is 4.98 Å². The lowest BCUT2D eigenvalue weighted by molar-refractivity contribution is -0.0528. The van der Waals surface area contributed by atoms with Crippen molar-refractivity contribution in [3.63, 3.8) is 0 Å². The third-order valence-electron chi connectivity index (χ3n) is 3.85. The molecule has 11 heteroatoms. The number of rotatable bonds is 6. The standard InChI is InChI=1S/C13H19N5O6/c1-22-2-3-23-10-8(20)7(5-19)24-9(10)6-4-15-18-11(6)16-12(14)17-13(18)21/h4,7-10,19-20H,2-3,5H2,1H3,(H3,14,16,17,21). The van der Waals surface area contributed by atoms with E-state index in [2.05, 4.69) is 15.1 Å². The lowest BCUT2D eigenvalue weighted by Crippen LogP contribution is -2.35. The molecule has 0 amide bonds. The Morgan fingerprint density at radius 3 is 3.00 bits per heavy atom. The van der Waals surface area contributed by atoms with Crippen molar-refractivity contribution in [1.29, 1.82) is 0 Å². The van der Waals surface area contributed by atoms with Crippen LogP contribution in [0.15, 0.2) is 11.0 Å². The van der Waals surface area contributed by atoms with Gasteiger partial charge in [0.1, 0.15) is 24.4 Å². The van der Waals surface area contributed by atoms with Crippen LogP contribution in [-0.2, 0) is 14.2 Å². The fraction of sp³-hybridized carbons (Fsp3) is 0.615. The van der Waals surface area contributed by atoms with E-state index in [9.17, 15) is 15.0 Å². The molecule has 132 valence electrons. The number of H-pyrrole nitrogens is 1. The van der Waals surface area contributed by atoms with Crippen LogP contribution in [0.25, 0.3) is 5.65 Å². The Balaban J connectivity index is 1.97. The summed E-state index contributed by atoms with van der Waals surface area (Å²) in [6.07, 6.45) is -2.00. The third-order valence-corrected chi connectivity index (χ3v) is 3.85. The number of hydrogen-bond acceptors (Lipinski definition) is 9. The zero-order valence-corrected chi connectivity index (χ0v) is 13.0. The summed E-state index contributed by atoms with van der Waals surface area (Å²) in [6.45, 7) is 0.183. The minimum atomic E-state index is -1.05. The second kappa shape index (κ2) is 6.83. The molecule has 3 heterocycles. The average Bonchev–Trinajstić information content (AvgIpc) is 3.09. The van der Waals surface area contributed by atoms with E-state index >= 15 is 0 Å². The van der Waals surface area contributed by atoms with E-state index in [1.807, 2.05) is 0 Å². The predicted octanol–water partition coefficient (Wildman–Crippen LogP) is -2.18. The molecule has 24 heavy (non-hydrogen) atoms. The van der Waals surface area contributed by atoms with Crippen LogP contribution in [0.3, 0.4) is 0 Å². The van der Waals surface area contributed by atoms with Gasteiger partial charge in [-0.2, -0.15) is 14.6 Å². The summed E-state index contributed by atoms with van der Waals surface area (Å²) in [5.74, 6) is -0.0663. The summed E-state index contributed by atoms with van der Waals surface area (Å²) in [5, 5.41) is 23.6. The van der Waals surface area contributed by atoms with Crippen molar-refractivity contribution in [1.82, 2.24) is 19.6 Å². The van der Waals surface area contributed by atoms with E-state index in [0.717, 1.165) is 4.52 Å². The van der Waals surface area contributed by atoms with Crippen LogP contribution < -0.4 is 11.4 Å². The summed E-state index contributed by atoms with van der Waals surface area (Å²) in [7, 11) is 1.53. The molecule has 2 aromatic rings. The van der Waals surface area contributed by atoms with Gasteiger partial charge in [0, 0.05) is 12.7 Å². The second-order valence-electron chi connectivity index (χ2n) is 5.36. The second-order valence-corrected chi connectivity index (χ2v) is 5.36. The quantitative estimate of drug-likeness (QED) is 0.429. The van der Waals surface area contributed by atoms with E-state index in [-0.39, 0.29) is 24.8 Å². The van der Waals surface area contributed by atoms with Crippen molar-refractivity contribution in [2.24, 2.45) is 0 Å². The smallest absolute Gasteiger partial charge is 0.350 e. The van der Waals surface area contributed by atoms with Crippen molar-refractivity contribution in [2.45, 2.75) is 24.4 Å². The van der Waals surface area contributed by atoms with Crippen LogP contribution in [0.5, 0.6) is 0 Å². The van der Waals surface area contributed by atoms with Crippen molar-refractivity contribution in [2.75, 3.05) is 32.7 Å². The summed E-state index contributed by atoms with van der Waals surface area (Å²) >= 11 is 0. The van der Waals surface area contributed by atoms with Gasteiger partial charge in [-0.1, -0.05) is 0 Å². The Hall–Kier alpha value is -2.05. The van der Waals surface area contributed by atoms with Crippen LogP contribution in [0.2, 0.25) is 0 Å². The molecule has 2 aromatic heterocycles. The van der Waals surface area contributed by atoms with Crippen LogP contribution in [0.1, 0.15) is 11.7 Å². The summed E-state index contributed by atoms with van der Waals surface area (Å²) in [4.78, 5) is 18.3. The highest BCUT2D eigenvalue weighted by Crippen LogP contribution is 2.36. The molecule has 0 saturated carbocycles. The maximum Gasteiger partial charge on any atom is 0.350 e. The zero-order chi connectivity index (χ0) is 17.3. The molecule has 0 radical (unpaired) electrons. The first-order chi connectivity index (χ1) is 11.6. The molecular weight excluding hydrogens is 322 g/mol. The van der Waals surface area contributed by atoms with Crippen LogP contribution in [0, 0.1) is 0 Å². The van der Waals surface area contributed by atoms with Gasteiger partial charge in [0.2, 0.25) is 5.95 Å². The Kier molecular flexibility index (Phi) is 4.78. The first kappa shape index (κ1) is 16.8. The molecule has 1 aliphatic heterocycles. The van der Waals surface area contributed by atoms with Gasteiger partial charge in [0.05, 0.1) is 26.0 Å². The molecule has 0 aromatic carbocycles. The van der Waals surface area contributed by atoms with Gasteiger partial charge in [-0.15, -0.1) is 0 Å². The Morgan fingerprint density at radius 2 is 2.29 bits per heavy atom. The predicted molar refractivity (Wildman–Crippen MR) is 80.3 cm³/mol. The number of nitrogens with two attached hydrogens (primary N) is 1. The number of hydrogen-bond donors (Lipinski definition) is 4. The number of methoxy groups -OCH3 is 1. The number of aliphatic hydroxyl groups is 2. The molecule has 5 N–H and O–H groups in total. The first-order valence-corrected chi connectivity index (χ1v) is 7.35. The monoisotopic (exact) mass is 341 g/mol. The van der Waals surface area contributed by atoms with Crippen LogP contribution >= 0.6 is 0 Å². The SMILES string of the molecule is COCCOC1C(c2cnn3c(=O)[nH]c(N)nc23)OC(CO)C1O. The highest BCUT2D eigenvalue weighted by molar-refractivity contribution is 5.50. The lowest BCUT2D eigenvalue weighted by atomic mass is 10.0. The maximum absolute atomic E-state index is 11.9. The number of nitrogens with zero attached hydrogens (tertiary/aromatic N) is 3. The van der Waals surface area contributed by atoms with E-state index in [0.29, 0.717) is 12.2 Å². The lowest BCUT2D eigenvalue weighted by Gasteiger charge is -2.20. The number of fused-ring (bicyclic) bond motifs is 1. The number of nitrogen functional groups attached to an aromatic ring is 1. The first-order valence-electron chi connectivity index (χ1n) is 7.35. The van der Waals surface area contributed by atoms with Gasteiger partial charge in [0.15, 0.2) is 5.65 Å². The molecule has 4 unspecified atom stereocenters. The van der Waals surface area contributed by atoms with E-state index < -0.39 is 30.1 Å². The molecule has 1 aliphatic rings. The molecule has 3 rings (SSSR count). The van der Waals surface area contributed by atoms with Crippen molar-refractivity contribution >= 4 is 11.6 Å². The van der Waals surface area contributed by atoms with Gasteiger partial charge in [0.25, 0.3) is 0 Å². The fourth-order valence-corrected chi connectivity index (χ4v) is 2.71. The number of aliphatic hydroxyl groups excluding tert-OH is 2. The molecule has 0 spiro atoms. The minimum absolute atomic E-state index is 0.0663. The highest BCUT2D eigenvalue weighted by atomic mass is 16.6. The Bertz CT molecular complexity index is 761. The van der Waals surface area contributed by atoms with Crippen molar-refractivity contribution in [3.05, 3.63) is 22.2 Å². The number of aromatic amines is 1. The van der Waals surface area contributed by atoms with E-state index in [4.69, 9.17) is 19.9 Å². The van der Waals surface area contributed by atoms with Crippen molar-refractivity contribution in [3.8, 4) is 0 Å². The van der Waals surface area contributed by atoms with Crippen molar-refractivity contribution < 1.29 is 24.4 Å². The normalized spacial score (nSPS) is 27.1. The van der Waals surface area contributed by atoms with Gasteiger partial charge < -0.3 is 30.2 Å². The van der Waals surface area contributed by atoms with Crippen LogP contribution in [0.4, 0.5) is 5.95 Å². The fourth-order valence-electron chi connectivity index (χ4n) is 2.71.